The summed E-state index contributed by atoms with van der Waals surface area (Å²) in [5.41, 5.74) is 1.99. The predicted molar refractivity (Wildman–Crippen MR) is 91.3 cm³/mol. The highest BCUT2D eigenvalue weighted by Gasteiger charge is 2.33. The first kappa shape index (κ1) is 16.8. The fraction of sp³-hybridized carbons (Fsp3) is 0.556. The van der Waals surface area contributed by atoms with Crippen LogP contribution in [0.3, 0.4) is 0 Å². The molecule has 1 amide bonds. The van der Waals surface area contributed by atoms with E-state index in [0.717, 1.165) is 37.8 Å². The second kappa shape index (κ2) is 7.21. The molecule has 0 bridgehead atoms. The monoisotopic (exact) mass is 330 g/mol. The van der Waals surface area contributed by atoms with Crippen LogP contribution in [0, 0.1) is 0 Å². The maximum atomic E-state index is 13.3. The van der Waals surface area contributed by atoms with Crippen LogP contribution in [0.25, 0.3) is 0 Å². The van der Waals surface area contributed by atoms with Gasteiger partial charge in [0, 0.05) is 51.4 Å². The first-order valence-corrected chi connectivity index (χ1v) is 8.55. The van der Waals surface area contributed by atoms with Gasteiger partial charge in [0.15, 0.2) is 6.10 Å². The van der Waals surface area contributed by atoms with Crippen LogP contribution in [-0.2, 0) is 23.6 Å². The standard InChI is InChI=1S/C18H26N4O2/c1-20-10-7-9-15(20)16-8-5-4-6-11-22(16)18(23)17(24-3)14-12-19-21(2)13-14/h7,9-10,12-13,16-17H,4-6,8,11H2,1-3H3. The van der Waals surface area contributed by atoms with Crippen LogP contribution in [0.15, 0.2) is 30.7 Å². The third kappa shape index (κ3) is 3.24. The quantitative estimate of drug-likeness (QED) is 0.866. The van der Waals surface area contributed by atoms with E-state index in [1.807, 2.05) is 37.5 Å². The van der Waals surface area contributed by atoms with Crippen molar-refractivity contribution in [2.24, 2.45) is 14.1 Å². The highest BCUT2D eigenvalue weighted by molar-refractivity contribution is 5.82. The molecule has 2 aromatic heterocycles. The van der Waals surface area contributed by atoms with E-state index in [4.69, 9.17) is 4.74 Å². The number of rotatable bonds is 4. The zero-order chi connectivity index (χ0) is 17.1. The molecule has 0 saturated carbocycles. The zero-order valence-electron chi connectivity index (χ0n) is 14.7. The lowest BCUT2D eigenvalue weighted by Crippen LogP contribution is -2.39. The van der Waals surface area contributed by atoms with Crippen molar-refractivity contribution in [1.82, 2.24) is 19.2 Å². The number of carbonyl (C=O) groups is 1. The third-order valence-electron chi connectivity index (χ3n) is 4.85. The first-order valence-electron chi connectivity index (χ1n) is 8.55. The zero-order valence-corrected chi connectivity index (χ0v) is 14.7. The Morgan fingerprint density at radius 1 is 1.33 bits per heavy atom. The summed E-state index contributed by atoms with van der Waals surface area (Å²) in [5, 5.41) is 4.18. The minimum absolute atomic E-state index is 0.0265. The average molecular weight is 330 g/mol. The number of likely N-dealkylation sites (tertiary alicyclic amines) is 1. The van der Waals surface area contributed by atoms with Crippen molar-refractivity contribution in [2.75, 3.05) is 13.7 Å². The summed E-state index contributed by atoms with van der Waals surface area (Å²) in [6, 6.07) is 4.26. The number of amides is 1. The summed E-state index contributed by atoms with van der Waals surface area (Å²) in [6.07, 6.45) is 9.34. The molecule has 24 heavy (non-hydrogen) atoms. The van der Waals surface area contributed by atoms with E-state index in [2.05, 4.69) is 15.7 Å². The minimum atomic E-state index is -0.598. The van der Waals surface area contributed by atoms with E-state index < -0.39 is 6.10 Å². The van der Waals surface area contributed by atoms with Crippen LogP contribution < -0.4 is 0 Å². The van der Waals surface area contributed by atoms with E-state index in [9.17, 15) is 4.79 Å². The predicted octanol–water partition coefficient (Wildman–Crippen LogP) is 2.59. The fourth-order valence-corrected chi connectivity index (χ4v) is 3.61. The van der Waals surface area contributed by atoms with Gasteiger partial charge in [-0.1, -0.05) is 12.8 Å². The van der Waals surface area contributed by atoms with Crippen molar-refractivity contribution >= 4 is 5.91 Å². The number of hydrogen-bond donors (Lipinski definition) is 0. The van der Waals surface area contributed by atoms with Crippen LogP contribution in [-0.4, -0.2) is 38.8 Å². The summed E-state index contributed by atoms with van der Waals surface area (Å²) < 4.78 is 9.36. The normalized spacial score (nSPS) is 20.0. The lowest BCUT2D eigenvalue weighted by Gasteiger charge is -2.33. The molecule has 1 aliphatic rings. The fourth-order valence-electron chi connectivity index (χ4n) is 3.61. The van der Waals surface area contributed by atoms with Crippen molar-refractivity contribution in [3.05, 3.63) is 42.0 Å². The molecule has 0 N–H and O–H groups in total. The Hall–Kier alpha value is -2.08. The second-order valence-electron chi connectivity index (χ2n) is 6.50. The molecule has 1 fully saturated rings. The van der Waals surface area contributed by atoms with Gasteiger partial charge in [-0.2, -0.15) is 5.10 Å². The Morgan fingerprint density at radius 3 is 2.79 bits per heavy atom. The molecule has 2 aromatic rings. The maximum Gasteiger partial charge on any atom is 0.257 e. The Morgan fingerprint density at radius 2 is 2.17 bits per heavy atom. The van der Waals surface area contributed by atoms with E-state index in [1.165, 1.54) is 5.69 Å². The molecular weight excluding hydrogens is 304 g/mol. The molecule has 0 radical (unpaired) electrons. The summed E-state index contributed by atoms with van der Waals surface area (Å²) >= 11 is 0. The van der Waals surface area contributed by atoms with Gasteiger partial charge in [-0.3, -0.25) is 9.48 Å². The molecule has 6 nitrogen and oxygen atoms in total. The Labute approximate surface area is 143 Å². The van der Waals surface area contributed by atoms with Crippen LogP contribution in [0.2, 0.25) is 0 Å². The molecule has 1 saturated heterocycles. The van der Waals surface area contributed by atoms with E-state index in [1.54, 1.807) is 18.0 Å². The van der Waals surface area contributed by atoms with Crippen LogP contribution in [0.4, 0.5) is 0 Å². The van der Waals surface area contributed by atoms with Gasteiger partial charge in [-0.15, -0.1) is 0 Å². The number of methoxy groups -OCH3 is 1. The van der Waals surface area contributed by atoms with E-state index in [0.29, 0.717) is 0 Å². The van der Waals surface area contributed by atoms with Crippen LogP contribution in [0.5, 0.6) is 0 Å². The van der Waals surface area contributed by atoms with E-state index in [-0.39, 0.29) is 11.9 Å². The summed E-state index contributed by atoms with van der Waals surface area (Å²) in [7, 11) is 5.47. The maximum absolute atomic E-state index is 13.3. The highest BCUT2D eigenvalue weighted by atomic mass is 16.5. The Kier molecular flexibility index (Phi) is 5.04. The van der Waals surface area contributed by atoms with Gasteiger partial charge in [0.2, 0.25) is 0 Å². The van der Waals surface area contributed by atoms with Gasteiger partial charge >= 0.3 is 0 Å². The largest absolute Gasteiger partial charge is 0.367 e. The SMILES string of the molecule is COC(C(=O)N1CCCCCC1c1cccn1C)c1cnn(C)c1. The van der Waals surface area contributed by atoms with E-state index >= 15 is 0 Å². The molecule has 2 atom stereocenters. The molecule has 130 valence electrons. The number of carbonyl (C=O) groups excluding carboxylic acids is 1. The van der Waals surface area contributed by atoms with Crippen LogP contribution in [0.1, 0.15) is 49.1 Å². The van der Waals surface area contributed by atoms with Gasteiger partial charge in [-0.05, 0) is 25.0 Å². The average Bonchev–Trinajstić information content (AvgIpc) is 3.09. The minimum Gasteiger partial charge on any atom is -0.367 e. The Bertz CT molecular complexity index is 691. The van der Waals surface area contributed by atoms with Crippen molar-refractivity contribution in [2.45, 2.75) is 37.8 Å². The van der Waals surface area contributed by atoms with Crippen molar-refractivity contribution in [3.8, 4) is 0 Å². The molecule has 0 spiro atoms. The molecule has 0 aliphatic carbocycles. The topological polar surface area (TPSA) is 52.3 Å². The first-order chi connectivity index (χ1) is 11.6. The summed E-state index contributed by atoms with van der Waals surface area (Å²) in [5.74, 6) is 0.0265. The number of ether oxygens (including phenoxy) is 1. The van der Waals surface area contributed by atoms with Crippen molar-refractivity contribution in [1.29, 1.82) is 0 Å². The second-order valence-corrected chi connectivity index (χ2v) is 6.50. The number of hydrogen-bond acceptors (Lipinski definition) is 3. The lowest BCUT2D eigenvalue weighted by atomic mass is 10.0. The van der Waals surface area contributed by atoms with Crippen molar-refractivity contribution < 1.29 is 9.53 Å². The molecular formula is C18H26N4O2. The van der Waals surface area contributed by atoms with Crippen LogP contribution >= 0.6 is 0 Å². The number of aryl methyl sites for hydroxylation is 2. The van der Waals surface area contributed by atoms with Crippen molar-refractivity contribution in [3.63, 3.8) is 0 Å². The molecule has 6 heteroatoms. The van der Waals surface area contributed by atoms with Gasteiger partial charge in [-0.25, -0.2) is 0 Å². The van der Waals surface area contributed by atoms with Gasteiger partial charge in [0.25, 0.3) is 5.91 Å². The highest BCUT2D eigenvalue weighted by Crippen LogP contribution is 2.33. The molecule has 1 aliphatic heterocycles. The van der Waals surface area contributed by atoms with Gasteiger partial charge in [0.1, 0.15) is 0 Å². The number of nitrogens with zero attached hydrogens (tertiary/aromatic N) is 4. The molecule has 3 heterocycles. The lowest BCUT2D eigenvalue weighted by molar-refractivity contribution is -0.145. The van der Waals surface area contributed by atoms with Gasteiger partial charge < -0.3 is 14.2 Å². The molecule has 0 aromatic carbocycles. The number of aromatic nitrogens is 3. The van der Waals surface area contributed by atoms with Gasteiger partial charge in [0.05, 0.1) is 12.2 Å². The summed E-state index contributed by atoms with van der Waals surface area (Å²) in [6.45, 7) is 0.773. The Balaban J connectivity index is 1.90. The summed E-state index contributed by atoms with van der Waals surface area (Å²) in [4.78, 5) is 15.3. The smallest absolute Gasteiger partial charge is 0.257 e. The molecule has 3 rings (SSSR count). The molecule has 2 unspecified atom stereocenters. The third-order valence-corrected chi connectivity index (χ3v) is 4.85.